The maximum absolute atomic E-state index is 12.5. The van der Waals surface area contributed by atoms with Crippen molar-refractivity contribution < 1.29 is 18.0 Å². The van der Waals surface area contributed by atoms with Gasteiger partial charge in [-0.2, -0.15) is 0 Å². The normalized spacial score (nSPS) is 19.7. The molecule has 126 valence electrons. The molecular formula is C16H22N2O4S. The molecule has 0 unspecified atom stereocenters. The maximum Gasteiger partial charge on any atom is 0.228 e. The van der Waals surface area contributed by atoms with Gasteiger partial charge in [-0.3, -0.25) is 9.59 Å². The highest BCUT2D eigenvalue weighted by Gasteiger charge is 2.37. The Morgan fingerprint density at radius 2 is 1.96 bits per heavy atom. The van der Waals surface area contributed by atoms with Crippen molar-refractivity contribution in [1.82, 2.24) is 4.90 Å². The van der Waals surface area contributed by atoms with Crippen LogP contribution in [0.15, 0.2) is 30.3 Å². The van der Waals surface area contributed by atoms with Gasteiger partial charge in [0.25, 0.3) is 0 Å². The molecule has 2 amide bonds. The van der Waals surface area contributed by atoms with Crippen LogP contribution in [0.2, 0.25) is 0 Å². The molecule has 6 nitrogen and oxygen atoms in total. The van der Waals surface area contributed by atoms with E-state index in [-0.39, 0.29) is 24.0 Å². The van der Waals surface area contributed by atoms with E-state index < -0.39 is 21.8 Å². The van der Waals surface area contributed by atoms with Gasteiger partial charge in [-0.25, -0.2) is 8.42 Å². The van der Waals surface area contributed by atoms with E-state index in [2.05, 4.69) is 0 Å². The standard InChI is InChI=1S/C16H22N2O4S/c1-12(11-23(3,21)22)17(2)16(20)13-9-15(19)18(10-13)14-7-5-4-6-8-14/h4-8,12-13H,9-11H2,1-3H3/t12-,13-/m0/s1. The van der Waals surface area contributed by atoms with Crippen molar-refractivity contribution in [1.29, 1.82) is 0 Å². The number of sulfone groups is 1. The first-order chi connectivity index (χ1) is 10.7. The molecule has 1 aromatic carbocycles. The molecule has 2 rings (SSSR count). The van der Waals surface area contributed by atoms with Crippen LogP contribution in [0.1, 0.15) is 13.3 Å². The number of anilines is 1. The van der Waals surface area contributed by atoms with E-state index in [9.17, 15) is 18.0 Å². The van der Waals surface area contributed by atoms with E-state index in [1.807, 2.05) is 30.3 Å². The fourth-order valence-corrected chi connectivity index (χ4v) is 3.89. The lowest BCUT2D eigenvalue weighted by Crippen LogP contribution is -2.43. The van der Waals surface area contributed by atoms with Crippen molar-refractivity contribution in [2.75, 3.05) is 30.5 Å². The van der Waals surface area contributed by atoms with Crippen molar-refractivity contribution in [3.8, 4) is 0 Å². The Morgan fingerprint density at radius 3 is 2.52 bits per heavy atom. The summed E-state index contributed by atoms with van der Waals surface area (Å²) in [6, 6.07) is 8.81. The molecule has 1 aromatic rings. The highest BCUT2D eigenvalue weighted by molar-refractivity contribution is 7.90. The average Bonchev–Trinajstić information content (AvgIpc) is 2.87. The summed E-state index contributed by atoms with van der Waals surface area (Å²) in [4.78, 5) is 27.8. The number of benzene rings is 1. The topological polar surface area (TPSA) is 74.8 Å². The minimum Gasteiger partial charge on any atom is -0.342 e. The zero-order valence-electron chi connectivity index (χ0n) is 13.6. The molecule has 0 aromatic heterocycles. The van der Waals surface area contributed by atoms with Crippen molar-refractivity contribution in [3.05, 3.63) is 30.3 Å². The number of nitrogens with zero attached hydrogens (tertiary/aromatic N) is 2. The zero-order chi connectivity index (χ0) is 17.2. The SMILES string of the molecule is C[C@@H](CS(C)(=O)=O)N(C)C(=O)[C@H]1CC(=O)N(c2ccccc2)C1. The first-order valence-corrected chi connectivity index (χ1v) is 9.55. The molecule has 1 aliphatic heterocycles. The summed E-state index contributed by atoms with van der Waals surface area (Å²) in [6.07, 6.45) is 1.31. The summed E-state index contributed by atoms with van der Waals surface area (Å²) in [6.45, 7) is 2.03. The van der Waals surface area contributed by atoms with Crippen LogP contribution in [0, 0.1) is 5.92 Å². The van der Waals surface area contributed by atoms with E-state index in [0.717, 1.165) is 11.9 Å². The number of hydrogen-bond donors (Lipinski definition) is 0. The van der Waals surface area contributed by atoms with Crippen molar-refractivity contribution in [3.63, 3.8) is 0 Å². The van der Waals surface area contributed by atoms with Gasteiger partial charge in [0.1, 0.15) is 9.84 Å². The van der Waals surface area contributed by atoms with Gasteiger partial charge in [0.15, 0.2) is 0 Å². The van der Waals surface area contributed by atoms with Crippen LogP contribution in [-0.2, 0) is 19.4 Å². The Balaban J connectivity index is 2.05. The predicted octanol–water partition coefficient (Wildman–Crippen LogP) is 0.931. The number of para-hydroxylation sites is 1. The lowest BCUT2D eigenvalue weighted by molar-refractivity contribution is -0.135. The smallest absolute Gasteiger partial charge is 0.228 e. The fourth-order valence-electron chi connectivity index (χ4n) is 2.79. The zero-order valence-corrected chi connectivity index (χ0v) is 14.4. The quantitative estimate of drug-likeness (QED) is 0.800. The van der Waals surface area contributed by atoms with Crippen molar-refractivity contribution >= 4 is 27.3 Å². The van der Waals surface area contributed by atoms with Gasteiger partial charge < -0.3 is 9.80 Å². The van der Waals surface area contributed by atoms with Gasteiger partial charge in [-0.1, -0.05) is 18.2 Å². The summed E-state index contributed by atoms with van der Waals surface area (Å²) < 4.78 is 22.8. The van der Waals surface area contributed by atoms with Crippen LogP contribution in [0.25, 0.3) is 0 Å². The van der Waals surface area contributed by atoms with Crippen molar-refractivity contribution in [2.45, 2.75) is 19.4 Å². The van der Waals surface area contributed by atoms with Crippen LogP contribution in [0.4, 0.5) is 5.69 Å². The number of carbonyl (C=O) groups excluding carboxylic acids is 2. The molecular weight excluding hydrogens is 316 g/mol. The third kappa shape index (κ3) is 4.31. The Morgan fingerprint density at radius 1 is 1.35 bits per heavy atom. The number of amides is 2. The molecule has 23 heavy (non-hydrogen) atoms. The first-order valence-electron chi connectivity index (χ1n) is 7.49. The van der Waals surface area contributed by atoms with E-state index in [4.69, 9.17) is 0 Å². The Bertz CT molecular complexity index is 687. The van der Waals surface area contributed by atoms with E-state index in [1.165, 1.54) is 4.90 Å². The van der Waals surface area contributed by atoms with Crippen LogP contribution >= 0.6 is 0 Å². The summed E-state index contributed by atoms with van der Waals surface area (Å²) in [7, 11) is -1.57. The second-order valence-electron chi connectivity index (χ2n) is 6.13. The highest BCUT2D eigenvalue weighted by atomic mass is 32.2. The fraction of sp³-hybridized carbons (Fsp3) is 0.500. The van der Waals surface area contributed by atoms with Crippen LogP contribution < -0.4 is 4.90 Å². The minimum absolute atomic E-state index is 0.0845. The summed E-state index contributed by atoms with van der Waals surface area (Å²) in [5.74, 6) is -0.792. The summed E-state index contributed by atoms with van der Waals surface area (Å²) in [5.41, 5.74) is 0.777. The van der Waals surface area contributed by atoms with Gasteiger partial charge in [-0.15, -0.1) is 0 Å². The van der Waals surface area contributed by atoms with Crippen LogP contribution in [-0.4, -0.2) is 56.8 Å². The number of carbonyl (C=O) groups is 2. The predicted molar refractivity (Wildman–Crippen MR) is 88.8 cm³/mol. The molecule has 0 radical (unpaired) electrons. The van der Waals surface area contributed by atoms with Gasteiger partial charge in [0, 0.05) is 38.0 Å². The third-order valence-corrected chi connectivity index (χ3v) is 5.18. The molecule has 0 aliphatic carbocycles. The lowest BCUT2D eigenvalue weighted by atomic mass is 10.1. The van der Waals surface area contributed by atoms with Crippen molar-refractivity contribution in [2.24, 2.45) is 5.92 Å². The Kier molecular flexibility index (Phi) is 5.09. The second kappa shape index (κ2) is 6.70. The van der Waals surface area contributed by atoms with E-state index >= 15 is 0 Å². The van der Waals surface area contributed by atoms with Gasteiger partial charge in [0.05, 0.1) is 11.7 Å². The molecule has 0 N–H and O–H groups in total. The van der Waals surface area contributed by atoms with Gasteiger partial charge in [0.2, 0.25) is 11.8 Å². The number of rotatable bonds is 5. The second-order valence-corrected chi connectivity index (χ2v) is 8.32. The molecule has 1 saturated heterocycles. The maximum atomic E-state index is 12.5. The molecule has 0 bridgehead atoms. The molecule has 1 fully saturated rings. The first kappa shape index (κ1) is 17.5. The largest absolute Gasteiger partial charge is 0.342 e. The molecule has 0 spiro atoms. The summed E-state index contributed by atoms with van der Waals surface area (Å²) >= 11 is 0. The Hall–Kier alpha value is -1.89. The highest BCUT2D eigenvalue weighted by Crippen LogP contribution is 2.26. The molecule has 0 saturated carbocycles. The molecule has 2 atom stereocenters. The van der Waals surface area contributed by atoms with Gasteiger partial charge >= 0.3 is 0 Å². The average molecular weight is 338 g/mol. The van der Waals surface area contributed by atoms with Crippen LogP contribution in [0.5, 0.6) is 0 Å². The lowest BCUT2D eigenvalue weighted by Gasteiger charge is -2.27. The summed E-state index contributed by atoms with van der Waals surface area (Å²) in [5, 5.41) is 0. The Labute approximate surface area is 137 Å². The third-order valence-electron chi connectivity index (χ3n) is 4.09. The van der Waals surface area contributed by atoms with E-state index in [0.29, 0.717) is 6.54 Å². The van der Waals surface area contributed by atoms with Crippen LogP contribution in [0.3, 0.4) is 0 Å². The molecule has 1 heterocycles. The minimum atomic E-state index is -3.16. The molecule has 1 aliphatic rings. The monoisotopic (exact) mass is 338 g/mol. The van der Waals surface area contributed by atoms with E-state index in [1.54, 1.807) is 18.9 Å². The number of hydrogen-bond acceptors (Lipinski definition) is 4. The molecule has 7 heteroatoms. The van der Waals surface area contributed by atoms with Gasteiger partial charge in [-0.05, 0) is 19.1 Å².